The Morgan fingerprint density at radius 2 is 2.15 bits per heavy atom. The Hall–Kier alpha value is -2.31. The predicted octanol–water partition coefficient (Wildman–Crippen LogP) is -0.165. The van der Waals surface area contributed by atoms with Crippen LogP contribution >= 0.6 is 0 Å². The quantitative estimate of drug-likeness (QED) is 0.757. The molecule has 1 aromatic heterocycles. The fourth-order valence-electron chi connectivity index (χ4n) is 2.08. The molecule has 1 aromatic rings. The standard InChI is InChI=1S/C13H16N4O3/c1-4-10-9(5-7(2)15-16-10)13(20)17-6-11(18)14-12(19)8(17)3/h5,8H,4,6H2,1-3H3,(H,14,18,19). The van der Waals surface area contributed by atoms with Gasteiger partial charge < -0.3 is 4.90 Å². The van der Waals surface area contributed by atoms with Crippen molar-refractivity contribution >= 4 is 17.7 Å². The Morgan fingerprint density at radius 1 is 1.45 bits per heavy atom. The van der Waals surface area contributed by atoms with Crippen molar-refractivity contribution in [2.24, 2.45) is 0 Å². The highest BCUT2D eigenvalue weighted by Crippen LogP contribution is 2.15. The van der Waals surface area contributed by atoms with E-state index >= 15 is 0 Å². The predicted molar refractivity (Wildman–Crippen MR) is 69.8 cm³/mol. The van der Waals surface area contributed by atoms with Crippen LogP contribution in [0.25, 0.3) is 0 Å². The van der Waals surface area contributed by atoms with Gasteiger partial charge in [0.25, 0.3) is 5.91 Å². The first-order valence-electron chi connectivity index (χ1n) is 6.42. The second kappa shape index (κ2) is 5.36. The van der Waals surface area contributed by atoms with Gasteiger partial charge >= 0.3 is 0 Å². The van der Waals surface area contributed by atoms with Crippen molar-refractivity contribution in [1.29, 1.82) is 0 Å². The lowest BCUT2D eigenvalue weighted by Crippen LogP contribution is -2.58. The van der Waals surface area contributed by atoms with E-state index < -0.39 is 17.9 Å². The summed E-state index contributed by atoms with van der Waals surface area (Å²) >= 11 is 0. The van der Waals surface area contributed by atoms with Gasteiger partial charge in [-0.1, -0.05) is 6.92 Å². The Labute approximate surface area is 116 Å². The molecule has 0 radical (unpaired) electrons. The minimum Gasteiger partial charge on any atom is -0.318 e. The van der Waals surface area contributed by atoms with Crippen molar-refractivity contribution in [3.63, 3.8) is 0 Å². The van der Waals surface area contributed by atoms with Crippen LogP contribution in [0.15, 0.2) is 6.07 Å². The number of amides is 3. The average Bonchev–Trinajstić information content (AvgIpc) is 2.42. The highest BCUT2D eigenvalue weighted by atomic mass is 16.2. The summed E-state index contributed by atoms with van der Waals surface area (Å²) in [6, 6.07) is 0.955. The highest BCUT2D eigenvalue weighted by molar-refractivity contribution is 6.07. The van der Waals surface area contributed by atoms with E-state index in [4.69, 9.17) is 0 Å². The van der Waals surface area contributed by atoms with Gasteiger partial charge in [0.2, 0.25) is 11.8 Å². The van der Waals surface area contributed by atoms with Gasteiger partial charge in [-0.2, -0.15) is 10.2 Å². The van der Waals surface area contributed by atoms with E-state index in [0.29, 0.717) is 23.4 Å². The Balaban J connectivity index is 2.37. The number of carbonyl (C=O) groups is 3. The maximum absolute atomic E-state index is 12.6. The zero-order chi connectivity index (χ0) is 14.9. The molecule has 0 saturated carbocycles. The Kier molecular flexibility index (Phi) is 3.78. The van der Waals surface area contributed by atoms with E-state index in [9.17, 15) is 14.4 Å². The van der Waals surface area contributed by atoms with Crippen LogP contribution in [-0.4, -0.2) is 45.4 Å². The summed E-state index contributed by atoms with van der Waals surface area (Å²) in [6.45, 7) is 5.07. The van der Waals surface area contributed by atoms with Crippen molar-refractivity contribution in [2.45, 2.75) is 33.2 Å². The average molecular weight is 276 g/mol. The molecule has 1 fully saturated rings. The molecule has 3 amide bonds. The van der Waals surface area contributed by atoms with Gasteiger partial charge in [-0.3, -0.25) is 19.7 Å². The van der Waals surface area contributed by atoms with Crippen molar-refractivity contribution in [2.75, 3.05) is 6.54 Å². The molecule has 0 spiro atoms. The maximum atomic E-state index is 12.6. The zero-order valence-corrected chi connectivity index (χ0v) is 11.6. The van der Waals surface area contributed by atoms with Gasteiger partial charge in [-0.15, -0.1) is 0 Å². The first-order valence-corrected chi connectivity index (χ1v) is 6.42. The normalized spacial score (nSPS) is 18.9. The van der Waals surface area contributed by atoms with E-state index in [1.54, 1.807) is 19.9 Å². The topological polar surface area (TPSA) is 92.3 Å². The fourth-order valence-corrected chi connectivity index (χ4v) is 2.08. The minimum atomic E-state index is -0.682. The molecule has 0 aliphatic carbocycles. The number of carbonyl (C=O) groups excluding carboxylic acids is 3. The second-order valence-electron chi connectivity index (χ2n) is 4.72. The largest absolute Gasteiger partial charge is 0.318 e. The molecule has 1 saturated heterocycles. The SMILES string of the molecule is CCc1nnc(C)cc1C(=O)N1CC(=O)NC(=O)C1C. The van der Waals surface area contributed by atoms with Gasteiger partial charge in [0.1, 0.15) is 12.6 Å². The number of hydrogen-bond donors (Lipinski definition) is 1. The van der Waals surface area contributed by atoms with Crippen LogP contribution in [0, 0.1) is 6.92 Å². The lowest BCUT2D eigenvalue weighted by atomic mass is 10.1. The summed E-state index contributed by atoms with van der Waals surface area (Å²) in [4.78, 5) is 36.9. The molecule has 0 aromatic carbocycles. The van der Waals surface area contributed by atoms with E-state index in [0.717, 1.165) is 0 Å². The molecular formula is C13H16N4O3. The molecule has 1 atom stereocenters. The van der Waals surface area contributed by atoms with Crippen LogP contribution in [-0.2, 0) is 16.0 Å². The molecule has 1 N–H and O–H groups in total. The van der Waals surface area contributed by atoms with Gasteiger partial charge in [0, 0.05) is 0 Å². The van der Waals surface area contributed by atoms with Crippen LogP contribution in [0.4, 0.5) is 0 Å². The summed E-state index contributed by atoms with van der Waals surface area (Å²) in [5.74, 6) is -1.31. The third kappa shape index (κ3) is 2.52. The number of hydrogen-bond acceptors (Lipinski definition) is 5. The smallest absolute Gasteiger partial charge is 0.256 e. The van der Waals surface area contributed by atoms with Crippen LogP contribution in [0.5, 0.6) is 0 Å². The van der Waals surface area contributed by atoms with Crippen molar-refractivity contribution in [3.8, 4) is 0 Å². The lowest BCUT2D eigenvalue weighted by Gasteiger charge is -2.32. The van der Waals surface area contributed by atoms with Gasteiger partial charge in [-0.25, -0.2) is 0 Å². The summed E-state index contributed by atoms with van der Waals surface area (Å²) < 4.78 is 0. The van der Waals surface area contributed by atoms with Crippen LogP contribution < -0.4 is 5.32 Å². The number of nitrogens with one attached hydrogen (secondary N) is 1. The summed E-state index contributed by atoms with van der Waals surface area (Å²) in [6.07, 6.45) is 0.552. The molecule has 7 nitrogen and oxygen atoms in total. The molecule has 1 unspecified atom stereocenters. The molecule has 1 aliphatic rings. The zero-order valence-electron chi connectivity index (χ0n) is 11.6. The molecule has 2 heterocycles. The minimum absolute atomic E-state index is 0.129. The molecular weight excluding hydrogens is 260 g/mol. The molecule has 1 aliphatic heterocycles. The van der Waals surface area contributed by atoms with Crippen LogP contribution in [0.2, 0.25) is 0 Å². The number of nitrogens with zero attached hydrogens (tertiary/aromatic N) is 3. The van der Waals surface area contributed by atoms with E-state index in [1.165, 1.54) is 4.90 Å². The number of piperazine rings is 1. The van der Waals surface area contributed by atoms with E-state index in [-0.39, 0.29) is 12.5 Å². The number of aryl methyl sites for hydroxylation is 2. The summed E-state index contributed by atoms with van der Waals surface area (Å²) in [7, 11) is 0. The molecule has 2 rings (SSSR count). The first kappa shape index (κ1) is 14.1. The van der Waals surface area contributed by atoms with Crippen molar-refractivity contribution in [1.82, 2.24) is 20.4 Å². The third-order valence-corrected chi connectivity index (χ3v) is 3.24. The molecule has 106 valence electrons. The van der Waals surface area contributed by atoms with Gasteiger partial charge in [0.15, 0.2) is 0 Å². The summed E-state index contributed by atoms with van der Waals surface area (Å²) in [5, 5.41) is 10.1. The molecule has 0 bridgehead atoms. The summed E-state index contributed by atoms with van der Waals surface area (Å²) in [5.41, 5.74) is 1.58. The third-order valence-electron chi connectivity index (χ3n) is 3.24. The first-order chi connectivity index (χ1) is 9.43. The molecule has 20 heavy (non-hydrogen) atoms. The van der Waals surface area contributed by atoms with Gasteiger partial charge in [0.05, 0.1) is 17.0 Å². The maximum Gasteiger partial charge on any atom is 0.256 e. The van der Waals surface area contributed by atoms with Crippen LogP contribution in [0.3, 0.4) is 0 Å². The number of imide groups is 1. The fraction of sp³-hybridized carbons (Fsp3) is 0.462. The van der Waals surface area contributed by atoms with Gasteiger partial charge in [-0.05, 0) is 26.3 Å². The Bertz CT molecular complexity index is 585. The molecule has 7 heteroatoms. The highest BCUT2D eigenvalue weighted by Gasteiger charge is 2.34. The van der Waals surface area contributed by atoms with E-state index in [1.807, 2.05) is 6.92 Å². The van der Waals surface area contributed by atoms with Crippen molar-refractivity contribution in [3.05, 3.63) is 23.0 Å². The second-order valence-corrected chi connectivity index (χ2v) is 4.72. The van der Waals surface area contributed by atoms with Crippen LogP contribution in [0.1, 0.15) is 35.6 Å². The lowest BCUT2D eigenvalue weighted by molar-refractivity contribution is -0.138. The Morgan fingerprint density at radius 3 is 2.80 bits per heavy atom. The number of rotatable bonds is 2. The van der Waals surface area contributed by atoms with E-state index in [2.05, 4.69) is 15.5 Å². The van der Waals surface area contributed by atoms with Crippen molar-refractivity contribution < 1.29 is 14.4 Å². The number of aromatic nitrogens is 2. The monoisotopic (exact) mass is 276 g/mol.